The molecule has 8 nitrogen and oxygen atoms in total. The number of hydrogen-bond acceptors (Lipinski definition) is 5. The Morgan fingerprint density at radius 1 is 1.19 bits per heavy atom. The van der Waals surface area contributed by atoms with Crippen LogP contribution in [0.4, 0.5) is 14.9 Å². The zero-order valence-corrected chi connectivity index (χ0v) is 17.4. The summed E-state index contributed by atoms with van der Waals surface area (Å²) in [4.78, 5) is 49.9. The van der Waals surface area contributed by atoms with E-state index in [1.165, 1.54) is 11.0 Å². The molecule has 0 aromatic heterocycles. The summed E-state index contributed by atoms with van der Waals surface area (Å²) < 4.78 is 19.1. The first kappa shape index (κ1) is 21.5. The summed E-state index contributed by atoms with van der Waals surface area (Å²) in [6.45, 7) is 2.08. The average molecular weight is 439 g/mol. The van der Waals surface area contributed by atoms with Gasteiger partial charge >= 0.3 is 6.09 Å². The molecule has 1 saturated heterocycles. The van der Waals surface area contributed by atoms with Gasteiger partial charge in [0.25, 0.3) is 5.91 Å². The van der Waals surface area contributed by atoms with Gasteiger partial charge in [0.1, 0.15) is 18.5 Å². The van der Waals surface area contributed by atoms with Crippen LogP contribution < -0.4 is 10.6 Å². The van der Waals surface area contributed by atoms with Crippen molar-refractivity contribution in [3.05, 3.63) is 64.5 Å². The Balaban J connectivity index is 1.39. The topological polar surface area (TPSA) is 105 Å². The zero-order valence-electron chi connectivity index (χ0n) is 17.4. The lowest BCUT2D eigenvalue weighted by atomic mass is 10.0. The number of nitrogens with zero attached hydrogens (tertiary/aromatic N) is 1. The third kappa shape index (κ3) is 4.32. The quantitative estimate of drug-likeness (QED) is 0.697. The van der Waals surface area contributed by atoms with E-state index in [0.717, 1.165) is 11.1 Å². The lowest BCUT2D eigenvalue weighted by Crippen LogP contribution is -2.52. The lowest BCUT2D eigenvalue weighted by Gasteiger charge is -2.29. The molecule has 0 saturated carbocycles. The summed E-state index contributed by atoms with van der Waals surface area (Å²) in [6, 6.07) is 8.89. The Labute approximate surface area is 183 Å². The lowest BCUT2D eigenvalue weighted by molar-refractivity contribution is -0.136. The number of carbonyl (C=O) groups is 4. The first-order chi connectivity index (χ1) is 15.4. The number of ether oxygens (including phenoxy) is 1. The summed E-state index contributed by atoms with van der Waals surface area (Å²) >= 11 is 0. The third-order valence-corrected chi connectivity index (χ3v) is 5.64. The van der Waals surface area contributed by atoms with Gasteiger partial charge < -0.3 is 9.64 Å². The number of amides is 4. The molecular weight excluding hydrogens is 417 g/mol. The molecule has 2 heterocycles. The molecule has 2 aromatic carbocycles. The molecule has 2 N–H and O–H groups in total. The molecule has 0 spiro atoms. The van der Waals surface area contributed by atoms with E-state index in [9.17, 15) is 23.6 Å². The molecule has 4 amide bonds. The molecule has 9 heteroatoms. The maximum atomic E-state index is 13.9. The van der Waals surface area contributed by atoms with Crippen molar-refractivity contribution in [3.63, 3.8) is 0 Å². The Bertz CT molecular complexity index is 1120. The molecule has 32 heavy (non-hydrogen) atoms. The van der Waals surface area contributed by atoms with E-state index in [4.69, 9.17) is 4.74 Å². The number of fused-ring (bicyclic) bond motifs is 1. The van der Waals surface area contributed by atoms with Crippen molar-refractivity contribution in [1.29, 1.82) is 0 Å². The highest BCUT2D eigenvalue weighted by Gasteiger charge is 2.39. The number of imide groups is 1. The SMILES string of the molecule is CCc1ccc(F)c(NC(=O)OCc2ccc3c(c2)C(=O)N(C2CCC(=O)NC2=O)C3)c1. The molecule has 2 aliphatic rings. The van der Waals surface area contributed by atoms with Gasteiger partial charge in [-0.2, -0.15) is 0 Å². The highest BCUT2D eigenvalue weighted by atomic mass is 19.1. The summed E-state index contributed by atoms with van der Waals surface area (Å²) in [5, 5.41) is 4.66. The Hall–Kier alpha value is -3.75. The van der Waals surface area contributed by atoms with Crippen molar-refractivity contribution in [3.8, 4) is 0 Å². The molecule has 2 aromatic rings. The van der Waals surface area contributed by atoms with Crippen molar-refractivity contribution < 1.29 is 28.3 Å². The van der Waals surface area contributed by atoms with Crippen LogP contribution in [0.5, 0.6) is 0 Å². The fourth-order valence-corrected chi connectivity index (χ4v) is 3.87. The van der Waals surface area contributed by atoms with E-state index >= 15 is 0 Å². The van der Waals surface area contributed by atoms with Crippen LogP contribution in [-0.2, 0) is 33.9 Å². The number of aryl methyl sites for hydroxylation is 1. The van der Waals surface area contributed by atoms with Gasteiger partial charge in [-0.25, -0.2) is 9.18 Å². The summed E-state index contributed by atoms with van der Waals surface area (Å²) in [5.74, 6) is -1.67. The van der Waals surface area contributed by atoms with Crippen LogP contribution in [0.1, 0.15) is 46.8 Å². The Kier molecular flexibility index (Phi) is 5.89. The molecule has 0 bridgehead atoms. The highest BCUT2D eigenvalue weighted by Crippen LogP contribution is 2.28. The third-order valence-electron chi connectivity index (χ3n) is 5.64. The van der Waals surface area contributed by atoms with Gasteiger partial charge in [-0.1, -0.05) is 25.1 Å². The molecule has 0 radical (unpaired) electrons. The minimum Gasteiger partial charge on any atom is -0.444 e. The van der Waals surface area contributed by atoms with Gasteiger partial charge in [-0.3, -0.25) is 25.0 Å². The maximum Gasteiger partial charge on any atom is 0.412 e. The van der Waals surface area contributed by atoms with Crippen molar-refractivity contribution in [2.45, 2.75) is 45.4 Å². The number of nitrogens with one attached hydrogen (secondary N) is 2. The van der Waals surface area contributed by atoms with E-state index in [-0.39, 0.29) is 43.5 Å². The standard InChI is InChI=1S/C23H22FN3O5/c1-2-13-4-6-17(24)18(10-13)25-23(31)32-12-14-3-5-15-11-27(22(30)16(15)9-14)19-7-8-20(28)26-21(19)29/h3-6,9-10,19H,2,7-8,11-12H2,1H3,(H,25,31)(H,26,28,29). The molecule has 166 valence electrons. The normalized spacial score (nSPS) is 17.8. The van der Waals surface area contributed by atoms with Crippen LogP contribution in [0.25, 0.3) is 0 Å². The Morgan fingerprint density at radius 3 is 2.72 bits per heavy atom. The first-order valence-corrected chi connectivity index (χ1v) is 10.3. The van der Waals surface area contributed by atoms with Crippen LogP contribution in [0.15, 0.2) is 36.4 Å². The van der Waals surface area contributed by atoms with Gasteiger partial charge in [0.15, 0.2) is 0 Å². The second-order valence-electron chi connectivity index (χ2n) is 7.76. The van der Waals surface area contributed by atoms with Gasteiger partial charge in [-0.15, -0.1) is 0 Å². The number of benzene rings is 2. The van der Waals surface area contributed by atoms with Crippen molar-refractivity contribution >= 4 is 29.5 Å². The number of rotatable bonds is 5. The van der Waals surface area contributed by atoms with Crippen molar-refractivity contribution in [1.82, 2.24) is 10.2 Å². The largest absolute Gasteiger partial charge is 0.444 e. The number of piperidine rings is 1. The van der Waals surface area contributed by atoms with Crippen LogP contribution in [-0.4, -0.2) is 34.8 Å². The minimum absolute atomic E-state index is 0.0402. The number of hydrogen-bond donors (Lipinski definition) is 2. The van der Waals surface area contributed by atoms with Gasteiger partial charge in [-0.05, 0) is 47.7 Å². The first-order valence-electron chi connectivity index (χ1n) is 10.3. The zero-order chi connectivity index (χ0) is 22.8. The second kappa shape index (κ2) is 8.78. The van der Waals surface area contributed by atoms with Crippen LogP contribution in [0, 0.1) is 5.82 Å². The molecule has 1 atom stereocenters. The molecule has 1 fully saturated rings. The van der Waals surface area contributed by atoms with Gasteiger partial charge in [0.2, 0.25) is 11.8 Å². The number of anilines is 1. The van der Waals surface area contributed by atoms with E-state index < -0.39 is 23.9 Å². The van der Waals surface area contributed by atoms with Crippen molar-refractivity contribution in [2.75, 3.05) is 5.32 Å². The number of halogens is 1. The second-order valence-corrected chi connectivity index (χ2v) is 7.76. The maximum absolute atomic E-state index is 13.9. The highest BCUT2D eigenvalue weighted by molar-refractivity contribution is 6.05. The van der Waals surface area contributed by atoms with Crippen LogP contribution in [0.2, 0.25) is 0 Å². The van der Waals surface area contributed by atoms with E-state index in [1.807, 2.05) is 6.92 Å². The molecule has 2 aliphatic heterocycles. The van der Waals surface area contributed by atoms with Crippen LogP contribution >= 0.6 is 0 Å². The molecule has 1 unspecified atom stereocenters. The Morgan fingerprint density at radius 2 is 1.97 bits per heavy atom. The number of carbonyl (C=O) groups excluding carboxylic acids is 4. The average Bonchev–Trinajstić information content (AvgIpc) is 3.09. The molecule has 4 rings (SSSR count). The predicted octanol–water partition coefficient (Wildman–Crippen LogP) is 2.90. The van der Waals surface area contributed by atoms with E-state index in [0.29, 0.717) is 17.5 Å². The fourth-order valence-electron chi connectivity index (χ4n) is 3.87. The smallest absolute Gasteiger partial charge is 0.412 e. The van der Waals surface area contributed by atoms with E-state index in [1.54, 1.807) is 30.3 Å². The van der Waals surface area contributed by atoms with Crippen LogP contribution in [0.3, 0.4) is 0 Å². The minimum atomic E-state index is -0.811. The van der Waals surface area contributed by atoms with Crippen molar-refractivity contribution in [2.24, 2.45) is 0 Å². The summed E-state index contributed by atoms with van der Waals surface area (Å²) in [6.07, 6.45) is 0.361. The monoisotopic (exact) mass is 439 g/mol. The molecular formula is C23H22FN3O5. The summed E-state index contributed by atoms with van der Waals surface area (Å²) in [5.41, 5.74) is 2.68. The predicted molar refractivity (Wildman–Crippen MR) is 112 cm³/mol. The molecule has 0 aliphatic carbocycles. The van der Waals surface area contributed by atoms with E-state index in [2.05, 4.69) is 10.6 Å². The summed E-state index contributed by atoms with van der Waals surface area (Å²) in [7, 11) is 0. The van der Waals surface area contributed by atoms with Gasteiger partial charge in [0, 0.05) is 18.5 Å². The van der Waals surface area contributed by atoms with Gasteiger partial charge in [0.05, 0.1) is 5.69 Å². The fraction of sp³-hybridized carbons (Fsp3) is 0.304.